The van der Waals surface area contributed by atoms with E-state index in [0.717, 1.165) is 12.0 Å². The van der Waals surface area contributed by atoms with Crippen molar-refractivity contribution in [3.63, 3.8) is 0 Å². The number of allylic oxidation sites excluding steroid dienone is 3. The zero-order valence-electron chi connectivity index (χ0n) is 11.4. The van der Waals surface area contributed by atoms with Gasteiger partial charge in [-0.1, -0.05) is 36.8 Å². The summed E-state index contributed by atoms with van der Waals surface area (Å²) in [5.41, 5.74) is 2.27. The fourth-order valence-corrected chi connectivity index (χ4v) is 1.96. The van der Waals surface area contributed by atoms with Crippen molar-refractivity contribution < 1.29 is 14.3 Å². The normalized spacial score (nSPS) is 18.9. The highest BCUT2D eigenvalue weighted by Gasteiger charge is 2.15. The van der Waals surface area contributed by atoms with E-state index in [1.54, 1.807) is 0 Å². The number of carbonyl (C=O) groups is 1. The van der Waals surface area contributed by atoms with Gasteiger partial charge in [0, 0.05) is 6.61 Å². The molecule has 100 valence electrons. The average molecular weight is 250 g/mol. The lowest BCUT2D eigenvalue weighted by Crippen LogP contribution is -2.08. The molecule has 0 spiro atoms. The molecule has 1 atom stereocenters. The van der Waals surface area contributed by atoms with Crippen molar-refractivity contribution in [3.8, 4) is 0 Å². The lowest BCUT2D eigenvalue weighted by molar-refractivity contribution is -0.139. The van der Waals surface area contributed by atoms with Crippen LogP contribution in [0, 0.1) is 5.92 Å². The van der Waals surface area contributed by atoms with E-state index in [4.69, 9.17) is 9.47 Å². The summed E-state index contributed by atoms with van der Waals surface area (Å²) < 4.78 is 10.2. The Morgan fingerprint density at radius 3 is 2.78 bits per heavy atom. The summed E-state index contributed by atoms with van der Waals surface area (Å²) in [6.45, 7) is 5.45. The van der Waals surface area contributed by atoms with Gasteiger partial charge in [-0.3, -0.25) is 4.79 Å². The molecular formula is C15H22O3. The first-order chi connectivity index (χ1) is 8.71. The summed E-state index contributed by atoms with van der Waals surface area (Å²) in [6.07, 6.45) is 9.56. The van der Waals surface area contributed by atoms with E-state index >= 15 is 0 Å². The van der Waals surface area contributed by atoms with Gasteiger partial charge < -0.3 is 9.47 Å². The largest absolute Gasteiger partial charge is 0.469 e. The van der Waals surface area contributed by atoms with Crippen LogP contribution in [0.3, 0.4) is 0 Å². The highest BCUT2D eigenvalue weighted by Crippen LogP contribution is 2.25. The molecule has 0 saturated heterocycles. The Labute approximate surface area is 109 Å². The Morgan fingerprint density at radius 2 is 2.17 bits per heavy atom. The average Bonchev–Trinajstić information content (AvgIpc) is 2.58. The molecule has 0 bridgehead atoms. The first kappa shape index (κ1) is 14.7. The fraction of sp³-hybridized carbons (Fsp3) is 0.533. The van der Waals surface area contributed by atoms with Crippen molar-refractivity contribution in [2.24, 2.45) is 5.92 Å². The van der Waals surface area contributed by atoms with Crippen LogP contribution in [0.5, 0.6) is 0 Å². The molecule has 1 unspecified atom stereocenters. The standard InChI is InChI=1S/C15H22O3/c1-4-13-9-12(11-18-5-2)7-6-8-14(13)10-15(16)17-3/h6-9,13H,4-5,10-11H2,1-3H3. The van der Waals surface area contributed by atoms with Gasteiger partial charge in [-0.2, -0.15) is 0 Å². The van der Waals surface area contributed by atoms with Crippen LogP contribution in [-0.4, -0.2) is 26.3 Å². The van der Waals surface area contributed by atoms with E-state index < -0.39 is 0 Å². The predicted molar refractivity (Wildman–Crippen MR) is 72.2 cm³/mol. The maximum absolute atomic E-state index is 11.4. The first-order valence-electron chi connectivity index (χ1n) is 6.43. The highest BCUT2D eigenvalue weighted by molar-refractivity contribution is 5.72. The third-order valence-electron chi connectivity index (χ3n) is 3.00. The molecule has 0 amide bonds. The van der Waals surface area contributed by atoms with E-state index in [1.807, 2.05) is 25.2 Å². The Morgan fingerprint density at radius 1 is 1.39 bits per heavy atom. The summed E-state index contributed by atoms with van der Waals surface area (Å²) in [7, 11) is 1.42. The molecule has 3 heteroatoms. The number of carbonyl (C=O) groups excluding carboxylic acids is 1. The van der Waals surface area contributed by atoms with Crippen molar-refractivity contribution in [1.82, 2.24) is 0 Å². The van der Waals surface area contributed by atoms with Gasteiger partial charge in [0.2, 0.25) is 0 Å². The molecule has 1 rings (SSSR count). The molecule has 18 heavy (non-hydrogen) atoms. The Balaban J connectivity index is 2.76. The minimum Gasteiger partial charge on any atom is -0.469 e. The van der Waals surface area contributed by atoms with Gasteiger partial charge in [-0.05, 0) is 24.8 Å². The van der Waals surface area contributed by atoms with Gasteiger partial charge in [-0.15, -0.1) is 0 Å². The van der Waals surface area contributed by atoms with E-state index in [1.165, 1.54) is 12.7 Å². The molecule has 0 saturated carbocycles. The maximum atomic E-state index is 11.4. The number of rotatable bonds is 6. The fourth-order valence-electron chi connectivity index (χ4n) is 1.96. The van der Waals surface area contributed by atoms with Gasteiger partial charge >= 0.3 is 5.97 Å². The van der Waals surface area contributed by atoms with E-state index in [9.17, 15) is 4.79 Å². The second kappa shape index (κ2) is 7.88. The van der Waals surface area contributed by atoms with Gasteiger partial charge in [0.25, 0.3) is 0 Å². The summed E-state index contributed by atoms with van der Waals surface area (Å²) in [5.74, 6) is 0.101. The molecule has 0 aliphatic heterocycles. The van der Waals surface area contributed by atoms with Crippen LogP contribution in [0.15, 0.2) is 35.5 Å². The Kier molecular flexibility index (Phi) is 6.44. The Bertz CT molecular complexity index is 364. The summed E-state index contributed by atoms with van der Waals surface area (Å²) in [4.78, 5) is 11.4. The van der Waals surface area contributed by atoms with Crippen molar-refractivity contribution in [2.45, 2.75) is 26.7 Å². The lowest BCUT2D eigenvalue weighted by atomic mass is 9.92. The monoisotopic (exact) mass is 250 g/mol. The smallest absolute Gasteiger partial charge is 0.309 e. The van der Waals surface area contributed by atoms with Crippen LogP contribution < -0.4 is 0 Å². The predicted octanol–water partition coefficient (Wildman–Crippen LogP) is 3.03. The molecule has 0 aromatic heterocycles. The SMILES string of the molecule is CCOCC1=CC(CC)C(CC(=O)OC)=CC=C1. The van der Waals surface area contributed by atoms with E-state index in [-0.39, 0.29) is 11.9 Å². The molecule has 0 N–H and O–H groups in total. The van der Waals surface area contributed by atoms with Crippen molar-refractivity contribution in [3.05, 3.63) is 35.5 Å². The topological polar surface area (TPSA) is 35.5 Å². The lowest BCUT2D eigenvalue weighted by Gasteiger charge is -2.14. The molecular weight excluding hydrogens is 228 g/mol. The van der Waals surface area contributed by atoms with Gasteiger partial charge in [0.15, 0.2) is 0 Å². The maximum Gasteiger partial charge on any atom is 0.309 e. The van der Waals surface area contributed by atoms with Crippen LogP contribution in [-0.2, 0) is 14.3 Å². The molecule has 0 aromatic rings. The minimum atomic E-state index is -0.185. The molecule has 0 aromatic carbocycles. The number of hydrogen-bond donors (Lipinski definition) is 0. The second-order valence-corrected chi connectivity index (χ2v) is 4.25. The summed E-state index contributed by atoms with van der Waals surface area (Å²) in [5, 5.41) is 0. The quantitative estimate of drug-likeness (QED) is 0.680. The molecule has 1 aliphatic carbocycles. The van der Waals surface area contributed by atoms with E-state index in [2.05, 4.69) is 13.0 Å². The molecule has 1 aliphatic rings. The van der Waals surface area contributed by atoms with Crippen LogP contribution in [0.4, 0.5) is 0 Å². The molecule has 3 nitrogen and oxygen atoms in total. The third-order valence-corrected chi connectivity index (χ3v) is 3.00. The third kappa shape index (κ3) is 4.49. The minimum absolute atomic E-state index is 0.185. The van der Waals surface area contributed by atoms with Gasteiger partial charge in [-0.25, -0.2) is 0 Å². The molecule has 0 radical (unpaired) electrons. The van der Waals surface area contributed by atoms with Crippen LogP contribution >= 0.6 is 0 Å². The number of hydrogen-bond acceptors (Lipinski definition) is 3. The summed E-state index contributed by atoms with van der Waals surface area (Å²) in [6, 6.07) is 0. The molecule has 0 heterocycles. The zero-order chi connectivity index (χ0) is 13.4. The highest BCUT2D eigenvalue weighted by atomic mass is 16.5. The van der Waals surface area contributed by atoms with Crippen LogP contribution in [0.1, 0.15) is 26.7 Å². The number of methoxy groups -OCH3 is 1. The van der Waals surface area contributed by atoms with Crippen molar-refractivity contribution in [2.75, 3.05) is 20.3 Å². The second-order valence-electron chi connectivity index (χ2n) is 4.25. The zero-order valence-corrected chi connectivity index (χ0v) is 11.4. The summed E-state index contributed by atoms with van der Waals surface area (Å²) >= 11 is 0. The van der Waals surface area contributed by atoms with Gasteiger partial charge in [0.05, 0.1) is 20.1 Å². The van der Waals surface area contributed by atoms with Crippen LogP contribution in [0.25, 0.3) is 0 Å². The Hall–Kier alpha value is -1.35. The van der Waals surface area contributed by atoms with E-state index in [0.29, 0.717) is 19.6 Å². The first-order valence-corrected chi connectivity index (χ1v) is 6.43. The van der Waals surface area contributed by atoms with Crippen molar-refractivity contribution in [1.29, 1.82) is 0 Å². The van der Waals surface area contributed by atoms with Gasteiger partial charge in [0.1, 0.15) is 0 Å². The van der Waals surface area contributed by atoms with Crippen LogP contribution in [0.2, 0.25) is 0 Å². The molecule has 0 fully saturated rings. The number of esters is 1. The number of ether oxygens (including phenoxy) is 2. The van der Waals surface area contributed by atoms with Crippen molar-refractivity contribution >= 4 is 5.97 Å².